The van der Waals surface area contributed by atoms with Crippen LogP contribution in [0.15, 0.2) is 41.0 Å². The van der Waals surface area contributed by atoms with Crippen LogP contribution in [0.5, 0.6) is 0 Å². The van der Waals surface area contributed by atoms with Gasteiger partial charge in [0.05, 0.1) is 5.56 Å². The topological polar surface area (TPSA) is 48.7 Å². The number of aromatic nitrogens is 1. The predicted octanol–water partition coefficient (Wildman–Crippen LogP) is 4.35. The van der Waals surface area contributed by atoms with Gasteiger partial charge in [-0.05, 0) is 24.3 Å². The van der Waals surface area contributed by atoms with Crippen molar-refractivity contribution < 1.29 is 13.2 Å². The average molecular weight is 356 g/mol. The summed E-state index contributed by atoms with van der Waals surface area (Å²) in [6.07, 6.45) is -2.92. The van der Waals surface area contributed by atoms with Crippen molar-refractivity contribution in [1.29, 1.82) is 5.26 Å². The van der Waals surface area contributed by atoms with Crippen LogP contribution < -0.4 is 5.32 Å². The Morgan fingerprint density at radius 2 is 2.05 bits per heavy atom. The molecule has 0 amide bonds. The van der Waals surface area contributed by atoms with Crippen molar-refractivity contribution in [1.82, 2.24) is 4.98 Å². The molecule has 7 heteroatoms. The maximum absolute atomic E-state index is 12.7. The van der Waals surface area contributed by atoms with Crippen molar-refractivity contribution in [2.75, 3.05) is 5.32 Å². The number of alkyl halides is 3. The van der Waals surface area contributed by atoms with Crippen LogP contribution in [0.3, 0.4) is 0 Å². The number of pyridine rings is 1. The first-order valence-corrected chi connectivity index (χ1v) is 6.65. The summed E-state index contributed by atoms with van der Waals surface area (Å²) in [5.41, 5.74) is 0.431. The molecule has 0 spiro atoms. The third kappa shape index (κ3) is 3.95. The van der Waals surface area contributed by atoms with E-state index in [0.717, 1.165) is 12.1 Å². The minimum Gasteiger partial charge on any atom is -0.381 e. The van der Waals surface area contributed by atoms with Crippen LogP contribution in [0.25, 0.3) is 0 Å². The van der Waals surface area contributed by atoms with Crippen molar-refractivity contribution >= 4 is 21.6 Å². The molecule has 0 fully saturated rings. The monoisotopic (exact) mass is 355 g/mol. The number of hydrogen-bond donors (Lipinski definition) is 1. The molecule has 0 atom stereocenters. The molecule has 21 heavy (non-hydrogen) atoms. The van der Waals surface area contributed by atoms with Gasteiger partial charge in [-0.25, -0.2) is 4.98 Å². The zero-order chi connectivity index (χ0) is 15.5. The molecular formula is C14H9BrF3N3. The van der Waals surface area contributed by atoms with Crippen LogP contribution in [-0.2, 0) is 12.7 Å². The van der Waals surface area contributed by atoms with Crippen LogP contribution in [0.1, 0.15) is 16.8 Å². The number of benzene rings is 1. The number of rotatable bonds is 3. The molecule has 0 saturated carbocycles. The molecule has 0 radical (unpaired) electrons. The smallest absolute Gasteiger partial charge is 0.381 e. The van der Waals surface area contributed by atoms with Crippen LogP contribution in [0.2, 0.25) is 0 Å². The van der Waals surface area contributed by atoms with Gasteiger partial charge >= 0.3 is 6.18 Å². The third-order valence-electron chi connectivity index (χ3n) is 2.71. The van der Waals surface area contributed by atoms with Crippen LogP contribution in [-0.4, -0.2) is 4.98 Å². The van der Waals surface area contributed by atoms with Crippen molar-refractivity contribution in [2.45, 2.75) is 12.7 Å². The van der Waals surface area contributed by atoms with E-state index in [9.17, 15) is 13.2 Å². The molecule has 1 aromatic carbocycles. The maximum atomic E-state index is 12.7. The standard InChI is InChI=1S/C14H9BrF3N3/c15-11-4-10(14(16,17)18)5-12(6-11)21-8-9-2-1-3-20-13(9)7-19/h1-6,21H,8H2. The lowest BCUT2D eigenvalue weighted by atomic mass is 10.1. The van der Waals surface area contributed by atoms with Gasteiger partial charge < -0.3 is 5.32 Å². The van der Waals surface area contributed by atoms with Gasteiger partial charge in [0.15, 0.2) is 0 Å². The quantitative estimate of drug-likeness (QED) is 0.890. The molecule has 2 aromatic rings. The minimum absolute atomic E-state index is 0.213. The number of nitriles is 1. The fourth-order valence-electron chi connectivity index (χ4n) is 1.73. The van der Waals surface area contributed by atoms with Crippen molar-refractivity contribution in [3.05, 3.63) is 57.8 Å². The second kappa shape index (κ2) is 6.14. The zero-order valence-corrected chi connectivity index (χ0v) is 12.2. The SMILES string of the molecule is N#Cc1ncccc1CNc1cc(Br)cc(C(F)(F)F)c1. The number of anilines is 1. The van der Waals surface area contributed by atoms with E-state index in [1.807, 2.05) is 6.07 Å². The Morgan fingerprint density at radius 3 is 2.71 bits per heavy atom. The minimum atomic E-state index is -4.41. The van der Waals surface area contributed by atoms with E-state index >= 15 is 0 Å². The van der Waals surface area contributed by atoms with Gasteiger partial charge in [0.2, 0.25) is 0 Å². The van der Waals surface area contributed by atoms with Crippen LogP contribution in [0, 0.1) is 11.3 Å². The summed E-state index contributed by atoms with van der Waals surface area (Å²) < 4.78 is 38.5. The van der Waals surface area contributed by atoms with Gasteiger partial charge in [-0.3, -0.25) is 0 Å². The maximum Gasteiger partial charge on any atom is 0.416 e. The van der Waals surface area contributed by atoms with Gasteiger partial charge in [0.1, 0.15) is 11.8 Å². The fraction of sp³-hybridized carbons (Fsp3) is 0.143. The summed E-state index contributed by atoms with van der Waals surface area (Å²) in [5, 5.41) is 11.8. The molecule has 2 rings (SSSR count). The fourth-order valence-corrected chi connectivity index (χ4v) is 2.23. The van der Waals surface area contributed by atoms with E-state index < -0.39 is 11.7 Å². The summed E-state index contributed by atoms with van der Waals surface area (Å²) >= 11 is 3.06. The molecule has 0 saturated heterocycles. The van der Waals surface area contributed by atoms with E-state index in [-0.39, 0.29) is 12.2 Å². The Balaban J connectivity index is 2.21. The van der Waals surface area contributed by atoms with Crippen molar-refractivity contribution in [3.8, 4) is 6.07 Å². The third-order valence-corrected chi connectivity index (χ3v) is 3.16. The Hall–Kier alpha value is -2.07. The highest BCUT2D eigenvalue weighted by Gasteiger charge is 2.31. The molecule has 1 heterocycles. The summed E-state index contributed by atoms with van der Waals surface area (Å²) in [5.74, 6) is 0. The molecule has 108 valence electrons. The molecule has 0 aliphatic carbocycles. The van der Waals surface area contributed by atoms with Gasteiger partial charge in [-0.1, -0.05) is 22.0 Å². The highest BCUT2D eigenvalue weighted by molar-refractivity contribution is 9.10. The molecule has 0 unspecified atom stereocenters. The van der Waals surface area contributed by atoms with Gasteiger partial charge in [-0.2, -0.15) is 18.4 Å². The Morgan fingerprint density at radius 1 is 1.29 bits per heavy atom. The summed E-state index contributed by atoms with van der Waals surface area (Å²) in [4.78, 5) is 3.89. The average Bonchev–Trinajstić information content (AvgIpc) is 2.44. The zero-order valence-electron chi connectivity index (χ0n) is 10.6. The first-order chi connectivity index (χ1) is 9.90. The molecule has 0 aliphatic heterocycles. The second-order valence-electron chi connectivity index (χ2n) is 4.20. The molecule has 3 nitrogen and oxygen atoms in total. The number of nitrogens with one attached hydrogen (secondary N) is 1. The van der Waals surface area contributed by atoms with Gasteiger partial charge in [0, 0.05) is 28.5 Å². The molecule has 1 N–H and O–H groups in total. The molecular weight excluding hydrogens is 347 g/mol. The molecule has 1 aromatic heterocycles. The normalized spacial score (nSPS) is 11.0. The molecule has 0 bridgehead atoms. The predicted molar refractivity (Wildman–Crippen MR) is 75.4 cm³/mol. The van der Waals surface area contributed by atoms with Crippen LogP contribution >= 0.6 is 15.9 Å². The largest absolute Gasteiger partial charge is 0.416 e. The highest BCUT2D eigenvalue weighted by atomic mass is 79.9. The summed E-state index contributed by atoms with van der Waals surface area (Å²) in [6, 6.07) is 8.87. The van der Waals surface area contributed by atoms with Gasteiger partial charge in [-0.15, -0.1) is 0 Å². The van der Waals surface area contributed by atoms with E-state index in [1.165, 1.54) is 12.3 Å². The van der Waals surface area contributed by atoms with E-state index in [2.05, 4.69) is 26.2 Å². The summed E-state index contributed by atoms with van der Waals surface area (Å²) in [7, 11) is 0. The van der Waals surface area contributed by atoms with Gasteiger partial charge in [0.25, 0.3) is 0 Å². The second-order valence-corrected chi connectivity index (χ2v) is 5.12. The van der Waals surface area contributed by atoms with E-state index in [1.54, 1.807) is 12.1 Å². The van der Waals surface area contributed by atoms with E-state index in [0.29, 0.717) is 15.7 Å². The first-order valence-electron chi connectivity index (χ1n) is 5.86. The first kappa shape index (κ1) is 15.3. The summed E-state index contributed by atoms with van der Waals surface area (Å²) in [6.45, 7) is 0.213. The lowest BCUT2D eigenvalue weighted by molar-refractivity contribution is -0.137. The van der Waals surface area contributed by atoms with Crippen molar-refractivity contribution in [3.63, 3.8) is 0 Å². The number of nitrogens with zero attached hydrogens (tertiary/aromatic N) is 2. The lowest BCUT2D eigenvalue weighted by Gasteiger charge is -2.12. The number of halogens is 4. The Bertz CT molecular complexity index is 693. The van der Waals surface area contributed by atoms with Crippen molar-refractivity contribution in [2.24, 2.45) is 0 Å². The number of hydrogen-bond acceptors (Lipinski definition) is 3. The van der Waals surface area contributed by atoms with E-state index in [4.69, 9.17) is 5.26 Å². The molecule has 0 aliphatic rings. The lowest BCUT2D eigenvalue weighted by Crippen LogP contribution is -2.07. The Labute approximate surface area is 127 Å². The van der Waals surface area contributed by atoms with Crippen LogP contribution in [0.4, 0.5) is 18.9 Å². The Kier molecular flexibility index (Phi) is 4.48. The highest BCUT2D eigenvalue weighted by Crippen LogP contribution is 2.33.